The third-order valence-corrected chi connectivity index (χ3v) is 5.17. The third kappa shape index (κ3) is 1.94. The van der Waals surface area contributed by atoms with Gasteiger partial charge in [-0.2, -0.15) is 5.10 Å². The van der Waals surface area contributed by atoms with E-state index in [4.69, 9.17) is 0 Å². The summed E-state index contributed by atoms with van der Waals surface area (Å²) in [5.74, 6) is 1.76. The Labute approximate surface area is 124 Å². The summed E-state index contributed by atoms with van der Waals surface area (Å²) >= 11 is 0. The summed E-state index contributed by atoms with van der Waals surface area (Å²) in [6, 6.07) is 0. The van der Waals surface area contributed by atoms with Gasteiger partial charge < -0.3 is 10.2 Å². The maximum absolute atomic E-state index is 11.5. The number of hydrogen-bond donors (Lipinski definition) is 1. The molecule has 2 fully saturated rings. The van der Waals surface area contributed by atoms with Gasteiger partial charge in [0.25, 0.3) is 0 Å². The Hall–Kier alpha value is -1.63. The van der Waals surface area contributed by atoms with Crippen LogP contribution < -0.4 is 10.2 Å². The maximum Gasteiger partial charge on any atom is 0.333 e. The van der Waals surface area contributed by atoms with Gasteiger partial charge >= 0.3 is 5.69 Å². The molecule has 3 rings (SSSR count). The van der Waals surface area contributed by atoms with Gasteiger partial charge in [-0.05, 0) is 39.5 Å². The number of nitrogens with one attached hydrogen (secondary N) is 1. The van der Waals surface area contributed by atoms with Crippen LogP contribution in [0.15, 0.2) is 0 Å². The first-order valence-corrected chi connectivity index (χ1v) is 7.58. The van der Waals surface area contributed by atoms with Crippen LogP contribution in [0.25, 0.3) is 0 Å². The van der Waals surface area contributed by atoms with Crippen molar-refractivity contribution in [2.24, 2.45) is 11.8 Å². The number of anilines is 1. The summed E-state index contributed by atoms with van der Waals surface area (Å²) in [4.78, 5) is 13.4. The van der Waals surface area contributed by atoms with Crippen LogP contribution in [0, 0.1) is 28.9 Å². The van der Waals surface area contributed by atoms with E-state index in [9.17, 15) is 10.1 Å². The van der Waals surface area contributed by atoms with Crippen molar-refractivity contribution < 1.29 is 4.92 Å². The molecule has 2 saturated heterocycles. The summed E-state index contributed by atoms with van der Waals surface area (Å²) in [6.07, 6.45) is 0. The van der Waals surface area contributed by atoms with Gasteiger partial charge in [0, 0.05) is 31.7 Å². The molecule has 1 N–H and O–H groups in total. The second-order valence-corrected chi connectivity index (χ2v) is 6.62. The van der Waals surface area contributed by atoms with Crippen LogP contribution >= 0.6 is 0 Å². The topological polar surface area (TPSA) is 76.2 Å². The van der Waals surface area contributed by atoms with Gasteiger partial charge in [-0.15, -0.1) is 0 Å². The smallest absolute Gasteiger partial charge is 0.333 e. The van der Waals surface area contributed by atoms with E-state index < -0.39 is 0 Å². The van der Waals surface area contributed by atoms with E-state index in [0.29, 0.717) is 29.9 Å². The van der Waals surface area contributed by atoms with Crippen molar-refractivity contribution in [3.05, 3.63) is 15.8 Å². The Morgan fingerprint density at radius 1 is 1.48 bits per heavy atom. The number of fused-ring (bicyclic) bond motifs is 1. The average Bonchev–Trinajstić information content (AvgIpc) is 3.04. The lowest BCUT2D eigenvalue weighted by atomic mass is 9.85. The summed E-state index contributed by atoms with van der Waals surface area (Å²) in [6.45, 7) is 11.6. The highest BCUT2D eigenvalue weighted by atomic mass is 16.6. The molecular weight excluding hydrogens is 270 g/mol. The Morgan fingerprint density at radius 2 is 2.19 bits per heavy atom. The van der Waals surface area contributed by atoms with Gasteiger partial charge in [-0.3, -0.25) is 10.1 Å². The predicted molar refractivity (Wildman–Crippen MR) is 80.6 cm³/mol. The van der Waals surface area contributed by atoms with Crippen LogP contribution in [0.2, 0.25) is 0 Å². The summed E-state index contributed by atoms with van der Waals surface area (Å²) in [7, 11) is 0. The predicted octanol–water partition coefficient (Wildman–Crippen LogP) is 1.55. The molecule has 2 unspecified atom stereocenters. The molecule has 0 aliphatic carbocycles. The normalized spacial score (nSPS) is 27.1. The van der Waals surface area contributed by atoms with Crippen LogP contribution in [-0.2, 0) is 6.54 Å². The van der Waals surface area contributed by atoms with Gasteiger partial charge in [-0.1, -0.05) is 0 Å². The fourth-order valence-corrected chi connectivity index (χ4v) is 4.04. The van der Waals surface area contributed by atoms with E-state index in [-0.39, 0.29) is 16.1 Å². The van der Waals surface area contributed by atoms with Crippen LogP contribution in [0.4, 0.5) is 11.5 Å². The highest BCUT2D eigenvalue weighted by molar-refractivity contribution is 5.63. The van der Waals surface area contributed by atoms with Crippen molar-refractivity contribution in [2.75, 3.05) is 24.5 Å². The summed E-state index contributed by atoms with van der Waals surface area (Å²) < 4.78 is 1.78. The van der Waals surface area contributed by atoms with Crippen molar-refractivity contribution in [1.82, 2.24) is 15.1 Å². The molecule has 7 nitrogen and oxygen atoms in total. The molecule has 21 heavy (non-hydrogen) atoms. The summed E-state index contributed by atoms with van der Waals surface area (Å²) in [5, 5.41) is 19.3. The second kappa shape index (κ2) is 4.69. The van der Waals surface area contributed by atoms with E-state index in [1.54, 1.807) is 11.6 Å². The largest absolute Gasteiger partial charge is 0.345 e. The third-order valence-electron chi connectivity index (χ3n) is 5.17. The second-order valence-electron chi connectivity index (χ2n) is 6.62. The van der Waals surface area contributed by atoms with Crippen molar-refractivity contribution in [3.8, 4) is 0 Å². The maximum atomic E-state index is 11.5. The zero-order valence-corrected chi connectivity index (χ0v) is 13.1. The van der Waals surface area contributed by atoms with Crippen molar-refractivity contribution in [1.29, 1.82) is 0 Å². The van der Waals surface area contributed by atoms with E-state index >= 15 is 0 Å². The highest BCUT2D eigenvalue weighted by Gasteiger charge is 2.52. The number of hydrogen-bond acceptors (Lipinski definition) is 5. The van der Waals surface area contributed by atoms with Gasteiger partial charge in [0.05, 0.1) is 4.92 Å². The van der Waals surface area contributed by atoms with Crippen LogP contribution in [0.5, 0.6) is 0 Å². The molecule has 0 amide bonds. The first-order chi connectivity index (χ1) is 9.87. The molecule has 0 radical (unpaired) electrons. The molecule has 2 atom stereocenters. The SMILES string of the molecule is CCn1nc(C)c([N+](=O)[O-])c1N1CC2CNCC2C1(C)C. The molecule has 0 bridgehead atoms. The first-order valence-electron chi connectivity index (χ1n) is 7.58. The van der Waals surface area contributed by atoms with Gasteiger partial charge in [0.1, 0.15) is 5.69 Å². The van der Waals surface area contributed by atoms with Crippen LogP contribution in [0.3, 0.4) is 0 Å². The molecule has 1 aromatic rings. The molecule has 2 aliphatic heterocycles. The average molecular weight is 293 g/mol. The van der Waals surface area contributed by atoms with E-state index in [0.717, 1.165) is 19.6 Å². The molecule has 2 aliphatic rings. The fourth-order valence-electron chi connectivity index (χ4n) is 4.04. The minimum Gasteiger partial charge on any atom is -0.345 e. The lowest BCUT2D eigenvalue weighted by Crippen LogP contribution is -2.45. The minimum absolute atomic E-state index is 0.0989. The fraction of sp³-hybridized carbons (Fsp3) is 0.786. The molecule has 7 heteroatoms. The van der Waals surface area contributed by atoms with E-state index in [2.05, 4.69) is 29.2 Å². The number of aromatic nitrogens is 2. The van der Waals surface area contributed by atoms with Gasteiger partial charge in [0.2, 0.25) is 5.82 Å². The van der Waals surface area contributed by atoms with Crippen molar-refractivity contribution in [3.63, 3.8) is 0 Å². The molecule has 0 aromatic carbocycles. The molecule has 116 valence electrons. The number of nitro groups is 1. The summed E-state index contributed by atoms with van der Waals surface area (Å²) in [5.41, 5.74) is 0.568. The van der Waals surface area contributed by atoms with Crippen molar-refractivity contribution >= 4 is 11.5 Å². The number of rotatable bonds is 3. The Morgan fingerprint density at radius 3 is 2.76 bits per heavy atom. The number of aryl methyl sites for hydroxylation is 2. The Bertz CT molecular complexity index is 580. The quantitative estimate of drug-likeness (QED) is 0.676. The zero-order chi connectivity index (χ0) is 15.4. The zero-order valence-electron chi connectivity index (χ0n) is 13.1. The molecule has 0 saturated carbocycles. The van der Waals surface area contributed by atoms with Crippen molar-refractivity contribution in [2.45, 2.75) is 39.8 Å². The number of nitrogens with zero attached hydrogens (tertiary/aromatic N) is 4. The molecule has 0 spiro atoms. The minimum atomic E-state index is -0.285. The molecular formula is C14H23N5O2. The lowest BCUT2D eigenvalue weighted by Gasteiger charge is -2.36. The standard InChI is InChI=1S/C14H23N5O2/c1-5-18-13(12(19(20)21)9(2)16-18)17-8-10-6-15-7-11(10)14(17,3)4/h10-11,15H,5-8H2,1-4H3. The van der Waals surface area contributed by atoms with Crippen LogP contribution in [0.1, 0.15) is 26.5 Å². The van der Waals surface area contributed by atoms with Gasteiger partial charge in [0.15, 0.2) is 0 Å². The van der Waals surface area contributed by atoms with E-state index in [1.165, 1.54) is 0 Å². The Balaban J connectivity index is 2.10. The van der Waals surface area contributed by atoms with E-state index in [1.807, 2.05) is 6.92 Å². The molecule has 3 heterocycles. The first kappa shape index (κ1) is 14.3. The van der Waals surface area contributed by atoms with Crippen LogP contribution in [-0.4, -0.2) is 39.9 Å². The molecule has 1 aromatic heterocycles. The monoisotopic (exact) mass is 293 g/mol. The lowest BCUT2D eigenvalue weighted by molar-refractivity contribution is -0.384. The van der Waals surface area contributed by atoms with Gasteiger partial charge in [-0.25, -0.2) is 4.68 Å². The Kier molecular flexibility index (Phi) is 3.20. The highest BCUT2D eigenvalue weighted by Crippen LogP contribution is 2.46.